The number of hydrogen-bond donors (Lipinski definition) is 1. The van der Waals surface area contributed by atoms with Gasteiger partial charge in [-0.05, 0) is 48.9 Å². The molecule has 3 heteroatoms. The monoisotopic (exact) mass is 307 g/mol. The Balaban J connectivity index is 2.08. The van der Waals surface area contributed by atoms with Gasteiger partial charge >= 0.3 is 0 Å². The minimum absolute atomic E-state index is 0.151. The third kappa shape index (κ3) is 4.17. The molecule has 0 saturated heterocycles. The van der Waals surface area contributed by atoms with E-state index in [1.54, 1.807) is 0 Å². The molecule has 3 atom stereocenters. The molecule has 2 nitrogen and oxygen atoms in total. The van der Waals surface area contributed by atoms with Gasteiger partial charge < -0.3 is 5.32 Å². The van der Waals surface area contributed by atoms with Crippen molar-refractivity contribution in [1.29, 1.82) is 0 Å². The van der Waals surface area contributed by atoms with Crippen molar-refractivity contribution in [2.24, 2.45) is 0 Å². The molecule has 0 bridgehead atoms. The highest BCUT2D eigenvalue weighted by molar-refractivity contribution is 7.85. The first-order valence-corrected chi connectivity index (χ1v) is 9.39. The first kappa shape index (κ1) is 16.7. The van der Waals surface area contributed by atoms with E-state index in [1.807, 2.05) is 0 Å². The lowest BCUT2D eigenvalue weighted by atomic mass is 9.87. The van der Waals surface area contributed by atoms with Crippen LogP contribution in [0.3, 0.4) is 0 Å². The molecule has 1 aliphatic rings. The van der Waals surface area contributed by atoms with E-state index in [0.29, 0.717) is 6.04 Å². The van der Waals surface area contributed by atoms with Crippen molar-refractivity contribution < 1.29 is 4.21 Å². The Morgan fingerprint density at radius 1 is 1.19 bits per heavy atom. The summed E-state index contributed by atoms with van der Waals surface area (Å²) in [7, 11) is -0.890. The molecule has 118 valence electrons. The van der Waals surface area contributed by atoms with E-state index in [2.05, 4.69) is 57.3 Å². The largest absolute Gasteiger partial charge is 0.313 e. The van der Waals surface area contributed by atoms with Crippen LogP contribution < -0.4 is 5.32 Å². The zero-order valence-electron chi connectivity index (χ0n) is 13.8. The second kappa shape index (κ2) is 7.06. The van der Waals surface area contributed by atoms with Gasteiger partial charge in [0.05, 0.1) is 16.0 Å². The van der Waals surface area contributed by atoms with Gasteiger partial charge in [0.25, 0.3) is 0 Å². The molecule has 1 saturated carbocycles. The van der Waals surface area contributed by atoms with Gasteiger partial charge in [-0.3, -0.25) is 4.21 Å². The quantitative estimate of drug-likeness (QED) is 0.890. The third-order valence-electron chi connectivity index (χ3n) is 4.34. The van der Waals surface area contributed by atoms with Crippen LogP contribution in [0.5, 0.6) is 0 Å². The molecule has 0 heterocycles. The van der Waals surface area contributed by atoms with Crippen molar-refractivity contribution in [1.82, 2.24) is 5.32 Å². The third-order valence-corrected chi connectivity index (χ3v) is 6.19. The summed E-state index contributed by atoms with van der Waals surface area (Å²) < 4.78 is 12.9. The van der Waals surface area contributed by atoms with Gasteiger partial charge in [-0.1, -0.05) is 46.2 Å². The van der Waals surface area contributed by atoms with Gasteiger partial charge in [-0.15, -0.1) is 0 Å². The Bertz CT molecular complexity index is 475. The summed E-state index contributed by atoms with van der Waals surface area (Å²) in [6, 6.07) is 8.82. The normalized spacial score (nSPS) is 24.2. The van der Waals surface area contributed by atoms with Crippen LogP contribution in [0.1, 0.15) is 58.9 Å². The Morgan fingerprint density at radius 2 is 1.86 bits per heavy atom. The highest BCUT2D eigenvalue weighted by atomic mass is 32.2. The van der Waals surface area contributed by atoms with E-state index in [1.165, 1.54) is 12.0 Å². The van der Waals surface area contributed by atoms with Gasteiger partial charge in [0.1, 0.15) is 0 Å². The summed E-state index contributed by atoms with van der Waals surface area (Å²) in [5.41, 5.74) is 1.45. The number of hydrogen-bond acceptors (Lipinski definition) is 2. The highest BCUT2D eigenvalue weighted by Crippen LogP contribution is 2.29. The van der Waals surface area contributed by atoms with Crippen LogP contribution in [0, 0.1) is 0 Å². The van der Waals surface area contributed by atoms with E-state index >= 15 is 0 Å². The summed E-state index contributed by atoms with van der Waals surface area (Å²) in [4.78, 5) is 0.984. The number of benzene rings is 1. The maximum absolute atomic E-state index is 12.9. The molecular formula is C18H29NOS. The average molecular weight is 308 g/mol. The van der Waals surface area contributed by atoms with Gasteiger partial charge in [-0.2, -0.15) is 0 Å². The van der Waals surface area contributed by atoms with Crippen LogP contribution in [-0.4, -0.2) is 22.0 Å². The first-order valence-electron chi connectivity index (χ1n) is 8.18. The Hall–Kier alpha value is -0.670. The van der Waals surface area contributed by atoms with Crippen molar-refractivity contribution in [3.63, 3.8) is 0 Å². The average Bonchev–Trinajstić information content (AvgIpc) is 2.92. The molecule has 1 aliphatic carbocycles. The van der Waals surface area contributed by atoms with Crippen LogP contribution in [0.25, 0.3) is 0 Å². The van der Waals surface area contributed by atoms with E-state index < -0.39 is 10.8 Å². The highest BCUT2D eigenvalue weighted by Gasteiger charge is 2.32. The van der Waals surface area contributed by atoms with Crippen molar-refractivity contribution in [2.75, 3.05) is 6.54 Å². The molecule has 0 spiro atoms. The van der Waals surface area contributed by atoms with Gasteiger partial charge in [0.15, 0.2) is 0 Å². The lowest BCUT2D eigenvalue weighted by molar-refractivity contribution is 0.523. The summed E-state index contributed by atoms with van der Waals surface area (Å²) in [5.74, 6) is 0. The van der Waals surface area contributed by atoms with E-state index in [4.69, 9.17) is 0 Å². The predicted octanol–water partition coefficient (Wildman–Crippen LogP) is 4.01. The molecule has 21 heavy (non-hydrogen) atoms. The van der Waals surface area contributed by atoms with Crippen LogP contribution in [0.2, 0.25) is 0 Å². The van der Waals surface area contributed by atoms with Crippen molar-refractivity contribution in [2.45, 2.75) is 75.0 Å². The number of rotatable bonds is 5. The van der Waals surface area contributed by atoms with Crippen LogP contribution in [0.15, 0.2) is 29.2 Å². The molecule has 0 radical (unpaired) electrons. The van der Waals surface area contributed by atoms with Gasteiger partial charge in [-0.25, -0.2) is 0 Å². The Kier molecular flexibility index (Phi) is 5.61. The van der Waals surface area contributed by atoms with Crippen molar-refractivity contribution >= 4 is 10.8 Å². The fourth-order valence-electron chi connectivity index (χ4n) is 3.01. The van der Waals surface area contributed by atoms with E-state index in [-0.39, 0.29) is 10.7 Å². The summed E-state index contributed by atoms with van der Waals surface area (Å²) in [5, 5.41) is 3.85. The molecule has 0 amide bonds. The second-order valence-electron chi connectivity index (χ2n) is 7.10. The fourth-order valence-corrected chi connectivity index (χ4v) is 4.67. The molecule has 1 N–H and O–H groups in total. The van der Waals surface area contributed by atoms with E-state index in [0.717, 1.165) is 30.7 Å². The zero-order chi connectivity index (χ0) is 15.5. The summed E-state index contributed by atoms with van der Waals surface area (Å²) in [6.07, 6.45) is 4.57. The lowest BCUT2D eigenvalue weighted by Crippen LogP contribution is -2.38. The minimum atomic E-state index is -0.890. The summed E-state index contributed by atoms with van der Waals surface area (Å²) in [6.45, 7) is 9.84. The van der Waals surface area contributed by atoms with Gasteiger partial charge in [0.2, 0.25) is 0 Å². The van der Waals surface area contributed by atoms with Gasteiger partial charge in [0, 0.05) is 10.9 Å². The standard InChI is InChI=1S/C18H29NOS/c1-5-13-19-16-7-6-8-17(16)21(20)15-11-9-14(10-12-15)18(2,3)4/h9-12,16-17,19H,5-8,13H2,1-4H3. The molecule has 1 fully saturated rings. The zero-order valence-corrected chi connectivity index (χ0v) is 14.6. The van der Waals surface area contributed by atoms with Crippen molar-refractivity contribution in [3.05, 3.63) is 29.8 Å². The minimum Gasteiger partial charge on any atom is -0.313 e. The SMILES string of the molecule is CCCNC1CCCC1S(=O)c1ccc(C(C)(C)C)cc1. The van der Waals surface area contributed by atoms with Crippen molar-refractivity contribution in [3.8, 4) is 0 Å². The van der Waals surface area contributed by atoms with E-state index in [9.17, 15) is 4.21 Å². The van der Waals surface area contributed by atoms with Crippen LogP contribution >= 0.6 is 0 Å². The van der Waals surface area contributed by atoms with Crippen LogP contribution in [0.4, 0.5) is 0 Å². The first-order chi connectivity index (χ1) is 9.93. The lowest BCUT2D eigenvalue weighted by Gasteiger charge is -2.22. The maximum Gasteiger partial charge on any atom is 0.0576 e. The fraction of sp³-hybridized carbons (Fsp3) is 0.667. The molecule has 1 aromatic carbocycles. The van der Waals surface area contributed by atoms with Crippen LogP contribution in [-0.2, 0) is 16.2 Å². The molecule has 1 aromatic rings. The number of nitrogens with one attached hydrogen (secondary N) is 1. The molecule has 2 rings (SSSR count). The Labute approximate surface area is 132 Å². The predicted molar refractivity (Wildman–Crippen MR) is 91.3 cm³/mol. The topological polar surface area (TPSA) is 29.1 Å². The summed E-state index contributed by atoms with van der Waals surface area (Å²) >= 11 is 0. The molecular weight excluding hydrogens is 278 g/mol. The molecule has 3 unspecified atom stereocenters. The molecule has 0 aromatic heterocycles. The Morgan fingerprint density at radius 3 is 2.43 bits per heavy atom. The second-order valence-corrected chi connectivity index (χ2v) is 8.77. The molecule has 0 aliphatic heterocycles. The maximum atomic E-state index is 12.9. The smallest absolute Gasteiger partial charge is 0.0576 e.